The highest BCUT2D eigenvalue weighted by Gasteiger charge is 2.38. The van der Waals surface area contributed by atoms with E-state index in [2.05, 4.69) is 19.2 Å². The van der Waals surface area contributed by atoms with E-state index in [1.165, 1.54) is 38.8 Å². The van der Waals surface area contributed by atoms with E-state index in [-0.39, 0.29) is 0 Å². The van der Waals surface area contributed by atoms with Gasteiger partial charge in [0.15, 0.2) is 0 Å². The van der Waals surface area contributed by atoms with Crippen LogP contribution in [0.2, 0.25) is 0 Å². The summed E-state index contributed by atoms with van der Waals surface area (Å²) in [5, 5.41) is 2.43. The molecule has 0 aromatic rings. The Hall–Kier alpha value is -0.0400. The van der Waals surface area contributed by atoms with Crippen molar-refractivity contribution in [1.82, 2.24) is 0 Å². The fraction of sp³-hybridized carbons (Fsp3) is 1.00. The average Bonchev–Trinajstić information content (AvgIpc) is 2.23. The molecular weight excluding hydrogens is 170 g/mol. The Morgan fingerprint density at radius 2 is 1.50 bits per heavy atom. The molecule has 0 aromatic heterocycles. The minimum Gasteiger partial charge on any atom is -0.345 e. The first-order valence-corrected chi connectivity index (χ1v) is 6.64. The number of rotatable bonds is 4. The number of hydrogen-bond acceptors (Lipinski definition) is 0. The first kappa shape index (κ1) is 16.4. The van der Waals surface area contributed by atoms with Gasteiger partial charge in [-0.25, -0.2) is 0 Å². The topological polar surface area (TPSA) is 16.6 Å². The van der Waals surface area contributed by atoms with Crippen molar-refractivity contribution in [3.63, 3.8) is 0 Å². The third kappa shape index (κ3) is 5.64. The molecule has 0 saturated carbocycles. The predicted molar refractivity (Wildman–Crippen MR) is 66.6 cm³/mol. The second-order valence-corrected chi connectivity index (χ2v) is 3.65. The van der Waals surface area contributed by atoms with Crippen molar-refractivity contribution < 1.29 is 5.32 Å². The summed E-state index contributed by atoms with van der Waals surface area (Å²) in [6, 6.07) is 0. The summed E-state index contributed by atoms with van der Waals surface area (Å²) in [6.45, 7) is 15.4. The molecule has 1 fully saturated rings. The lowest BCUT2D eigenvalue weighted by atomic mass is 9.75. The Morgan fingerprint density at radius 1 is 1.00 bits per heavy atom. The van der Waals surface area contributed by atoms with Crippen LogP contribution in [0.15, 0.2) is 0 Å². The molecule has 0 bridgehead atoms. The fourth-order valence-electron chi connectivity index (χ4n) is 1.77. The molecular formula is C13H32N+. The molecule has 1 saturated heterocycles. The maximum Gasteiger partial charge on any atom is 0.0867 e. The molecule has 0 aromatic carbocycles. The number of unbranched alkanes of at least 4 members (excludes halogenated alkanes) is 1. The van der Waals surface area contributed by atoms with Crippen LogP contribution in [-0.2, 0) is 0 Å². The van der Waals surface area contributed by atoms with Crippen molar-refractivity contribution in [1.29, 1.82) is 0 Å². The first-order valence-electron chi connectivity index (χ1n) is 6.64. The molecule has 0 amide bonds. The van der Waals surface area contributed by atoms with E-state index < -0.39 is 0 Å². The highest BCUT2D eigenvalue weighted by Crippen LogP contribution is 2.28. The van der Waals surface area contributed by atoms with Gasteiger partial charge >= 0.3 is 0 Å². The van der Waals surface area contributed by atoms with E-state index in [0.29, 0.717) is 0 Å². The van der Waals surface area contributed by atoms with Crippen LogP contribution in [0.3, 0.4) is 0 Å². The van der Waals surface area contributed by atoms with Gasteiger partial charge in [0.2, 0.25) is 0 Å². The molecule has 1 aliphatic heterocycles. The minimum atomic E-state index is 0.760. The SMILES string of the molecule is CC.CC.CCCCC1(CC)C[NH2+]C1. The van der Waals surface area contributed by atoms with Crippen molar-refractivity contribution in [3.8, 4) is 0 Å². The van der Waals surface area contributed by atoms with Crippen LogP contribution in [-0.4, -0.2) is 13.1 Å². The lowest BCUT2D eigenvalue weighted by Crippen LogP contribution is -2.99. The molecule has 0 unspecified atom stereocenters. The van der Waals surface area contributed by atoms with Gasteiger partial charge in [-0.15, -0.1) is 0 Å². The van der Waals surface area contributed by atoms with E-state index in [1.807, 2.05) is 27.7 Å². The van der Waals surface area contributed by atoms with Gasteiger partial charge < -0.3 is 5.32 Å². The summed E-state index contributed by atoms with van der Waals surface area (Å²) >= 11 is 0. The molecule has 2 N–H and O–H groups in total. The van der Waals surface area contributed by atoms with Gasteiger partial charge in [-0.05, 0) is 12.8 Å². The molecule has 1 aliphatic rings. The van der Waals surface area contributed by atoms with Crippen LogP contribution >= 0.6 is 0 Å². The highest BCUT2D eigenvalue weighted by atomic mass is 15.0. The molecule has 88 valence electrons. The molecule has 0 spiro atoms. The molecule has 1 rings (SSSR count). The lowest BCUT2D eigenvalue weighted by Gasteiger charge is -2.37. The van der Waals surface area contributed by atoms with Crippen molar-refractivity contribution in [2.24, 2.45) is 5.41 Å². The van der Waals surface area contributed by atoms with Crippen LogP contribution in [0.5, 0.6) is 0 Å². The Labute approximate surface area is 91.7 Å². The van der Waals surface area contributed by atoms with E-state index in [9.17, 15) is 0 Å². The number of nitrogens with two attached hydrogens (primary N) is 1. The van der Waals surface area contributed by atoms with E-state index in [4.69, 9.17) is 0 Å². The van der Waals surface area contributed by atoms with Crippen molar-refractivity contribution >= 4 is 0 Å². The second-order valence-electron chi connectivity index (χ2n) is 3.65. The van der Waals surface area contributed by atoms with Gasteiger partial charge in [-0.2, -0.15) is 0 Å². The largest absolute Gasteiger partial charge is 0.345 e. The van der Waals surface area contributed by atoms with Gasteiger partial charge in [-0.1, -0.05) is 54.4 Å². The van der Waals surface area contributed by atoms with Crippen molar-refractivity contribution in [3.05, 3.63) is 0 Å². The molecule has 0 atom stereocenters. The van der Waals surface area contributed by atoms with Crippen LogP contribution in [0.1, 0.15) is 67.2 Å². The van der Waals surface area contributed by atoms with Gasteiger partial charge in [0.05, 0.1) is 18.5 Å². The van der Waals surface area contributed by atoms with E-state index in [1.54, 1.807) is 0 Å². The molecule has 1 nitrogen and oxygen atoms in total. The van der Waals surface area contributed by atoms with Crippen molar-refractivity contribution in [2.75, 3.05) is 13.1 Å². The second kappa shape index (κ2) is 11.0. The standard InChI is InChI=1S/C9H19N.2C2H6/c1-3-5-6-9(4-2)7-10-8-9;2*1-2/h10H,3-8H2,1-2H3;2*1-2H3/p+1. The summed E-state index contributed by atoms with van der Waals surface area (Å²) in [4.78, 5) is 0. The third-order valence-corrected chi connectivity index (χ3v) is 2.97. The summed E-state index contributed by atoms with van der Waals surface area (Å²) < 4.78 is 0. The third-order valence-electron chi connectivity index (χ3n) is 2.97. The van der Waals surface area contributed by atoms with Crippen LogP contribution in [0.25, 0.3) is 0 Å². The zero-order valence-corrected chi connectivity index (χ0v) is 11.3. The first-order chi connectivity index (χ1) is 6.83. The number of quaternary nitrogens is 1. The number of hydrogen-bond donors (Lipinski definition) is 1. The Kier molecular flexibility index (Phi) is 12.9. The molecule has 1 heterocycles. The average molecular weight is 202 g/mol. The normalized spacial score (nSPS) is 16.7. The molecule has 0 aliphatic carbocycles. The van der Waals surface area contributed by atoms with Crippen LogP contribution in [0.4, 0.5) is 0 Å². The molecule has 1 heteroatoms. The predicted octanol–water partition coefficient (Wildman–Crippen LogP) is 3.20. The van der Waals surface area contributed by atoms with Crippen LogP contribution in [0, 0.1) is 5.41 Å². The van der Waals surface area contributed by atoms with Gasteiger partial charge in [-0.3, -0.25) is 0 Å². The summed E-state index contributed by atoms with van der Waals surface area (Å²) in [5.41, 5.74) is 0.760. The maximum absolute atomic E-state index is 2.43. The maximum atomic E-state index is 2.43. The Balaban J connectivity index is 0. The van der Waals surface area contributed by atoms with Crippen LogP contribution < -0.4 is 5.32 Å². The van der Waals surface area contributed by atoms with Gasteiger partial charge in [0.25, 0.3) is 0 Å². The van der Waals surface area contributed by atoms with Crippen molar-refractivity contribution in [2.45, 2.75) is 67.2 Å². The van der Waals surface area contributed by atoms with E-state index >= 15 is 0 Å². The zero-order valence-electron chi connectivity index (χ0n) is 11.3. The monoisotopic (exact) mass is 202 g/mol. The quantitative estimate of drug-likeness (QED) is 0.721. The van der Waals surface area contributed by atoms with Gasteiger partial charge in [0.1, 0.15) is 0 Å². The minimum absolute atomic E-state index is 0.760. The summed E-state index contributed by atoms with van der Waals surface area (Å²) in [6.07, 6.45) is 5.66. The lowest BCUT2D eigenvalue weighted by molar-refractivity contribution is -0.742. The molecule has 0 radical (unpaired) electrons. The van der Waals surface area contributed by atoms with Gasteiger partial charge in [0, 0.05) is 0 Å². The Morgan fingerprint density at radius 3 is 1.71 bits per heavy atom. The summed E-state index contributed by atoms with van der Waals surface area (Å²) in [7, 11) is 0. The summed E-state index contributed by atoms with van der Waals surface area (Å²) in [5.74, 6) is 0. The fourth-order valence-corrected chi connectivity index (χ4v) is 1.77. The van der Waals surface area contributed by atoms with E-state index in [0.717, 1.165) is 5.41 Å². The molecule has 14 heavy (non-hydrogen) atoms. The highest BCUT2D eigenvalue weighted by molar-refractivity contribution is 4.79. The smallest absolute Gasteiger partial charge is 0.0867 e. The Bertz CT molecular complexity index is 89.9. The zero-order chi connectivity index (χ0) is 11.4.